The highest BCUT2D eigenvalue weighted by molar-refractivity contribution is 5.79. The maximum atomic E-state index is 4.27. The lowest BCUT2D eigenvalue weighted by atomic mass is 10.2. The Morgan fingerprint density at radius 3 is 2.69 bits per heavy atom. The van der Waals surface area contributed by atoms with Gasteiger partial charge in [-0.25, -0.2) is 0 Å². The first-order valence-electron chi connectivity index (χ1n) is 6.29. The molecule has 0 radical (unpaired) electrons. The Balaban J connectivity index is 3.75. The van der Waals surface area contributed by atoms with Gasteiger partial charge in [-0.3, -0.25) is 4.99 Å². The number of nitrogens with one attached hydrogen (secondary N) is 1. The number of rotatable bonds is 8. The highest BCUT2D eigenvalue weighted by atomic mass is 15.3. The van der Waals surface area contributed by atoms with E-state index in [0.717, 1.165) is 31.9 Å². The second-order valence-electron chi connectivity index (χ2n) is 4.03. The van der Waals surface area contributed by atoms with Gasteiger partial charge in [0.1, 0.15) is 0 Å². The second kappa shape index (κ2) is 10.5. The predicted octanol–water partition coefficient (Wildman–Crippen LogP) is 2.65. The van der Waals surface area contributed by atoms with Crippen LogP contribution >= 0.6 is 0 Å². The number of aliphatic imine (C=N–C) groups is 1. The number of nitrogens with zero attached hydrogens (tertiary/aromatic N) is 2. The fourth-order valence-electron chi connectivity index (χ4n) is 1.54. The lowest BCUT2D eigenvalue weighted by molar-refractivity contribution is 0.468. The van der Waals surface area contributed by atoms with Gasteiger partial charge in [0.2, 0.25) is 0 Å². The first-order chi connectivity index (χ1) is 7.76. The second-order valence-corrected chi connectivity index (χ2v) is 4.03. The van der Waals surface area contributed by atoms with Gasteiger partial charge in [-0.05, 0) is 19.3 Å². The molecular formula is C13H27N3. The van der Waals surface area contributed by atoms with E-state index >= 15 is 0 Å². The number of guanidine groups is 1. The van der Waals surface area contributed by atoms with Crippen molar-refractivity contribution in [2.24, 2.45) is 4.99 Å². The minimum absolute atomic E-state index is 1.00. The third-order valence-corrected chi connectivity index (χ3v) is 2.54. The van der Waals surface area contributed by atoms with E-state index in [4.69, 9.17) is 0 Å². The summed E-state index contributed by atoms with van der Waals surface area (Å²) in [6.45, 7) is 7.99. The zero-order valence-corrected chi connectivity index (χ0v) is 11.1. The van der Waals surface area contributed by atoms with Crippen molar-refractivity contribution in [1.29, 1.82) is 0 Å². The Labute approximate surface area is 101 Å². The topological polar surface area (TPSA) is 27.6 Å². The Bertz CT molecular complexity index is 199. The number of allylic oxidation sites excluding steroid dienone is 1. The first kappa shape index (κ1) is 15.0. The van der Waals surface area contributed by atoms with Crippen LogP contribution in [0.3, 0.4) is 0 Å². The van der Waals surface area contributed by atoms with Gasteiger partial charge >= 0.3 is 0 Å². The smallest absolute Gasteiger partial charge is 0.193 e. The summed E-state index contributed by atoms with van der Waals surface area (Å²) in [5, 5.41) is 3.38. The van der Waals surface area contributed by atoms with Gasteiger partial charge in [0, 0.05) is 27.2 Å². The summed E-state index contributed by atoms with van der Waals surface area (Å²) < 4.78 is 0. The van der Waals surface area contributed by atoms with E-state index in [1.807, 2.05) is 13.1 Å². The van der Waals surface area contributed by atoms with Crippen LogP contribution in [-0.2, 0) is 0 Å². The average Bonchev–Trinajstić information content (AvgIpc) is 2.29. The van der Waals surface area contributed by atoms with Gasteiger partial charge in [0.15, 0.2) is 5.96 Å². The molecule has 0 saturated carbocycles. The van der Waals surface area contributed by atoms with E-state index in [2.05, 4.69) is 35.8 Å². The van der Waals surface area contributed by atoms with Crippen molar-refractivity contribution < 1.29 is 0 Å². The van der Waals surface area contributed by atoms with E-state index in [-0.39, 0.29) is 0 Å². The predicted molar refractivity (Wildman–Crippen MR) is 72.9 cm³/mol. The molecule has 94 valence electrons. The third kappa shape index (κ3) is 7.32. The summed E-state index contributed by atoms with van der Waals surface area (Å²) in [6, 6.07) is 0. The lowest BCUT2D eigenvalue weighted by Gasteiger charge is -2.21. The summed E-state index contributed by atoms with van der Waals surface area (Å²) in [4.78, 5) is 6.45. The van der Waals surface area contributed by atoms with Crippen molar-refractivity contribution in [3.05, 3.63) is 12.7 Å². The molecule has 0 aromatic rings. The molecule has 0 aliphatic carbocycles. The molecule has 1 N–H and O–H groups in total. The summed E-state index contributed by atoms with van der Waals surface area (Å²) in [6.07, 6.45) is 7.92. The Morgan fingerprint density at radius 1 is 1.38 bits per heavy atom. The molecular weight excluding hydrogens is 198 g/mol. The summed E-state index contributed by atoms with van der Waals surface area (Å²) >= 11 is 0. The van der Waals surface area contributed by atoms with E-state index in [1.54, 1.807) is 0 Å². The molecule has 3 nitrogen and oxygen atoms in total. The Morgan fingerprint density at radius 2 is 2.12 bits per heavy atom. The minimum atomic E-state index is 1.00. The number of hydrogen-bond donors (Lipinski definition) is 1. The molecule has 0 aliphatic rings. The molecule has 0 heterocycles. The third-order valence-electron chi connectivity index (χ3n) is 2.54. The lowest BCUT2D eigenvalue weighted by Crippen LogP contribution is -2.39. The van der Waals surface area contributed by atoms with Crippen molar-refractivity contribution in [3.63, 3.8) is 0 Å². The fourth-order valence-corrected chi connectivity index (χ4v) is 1.54. The van der Waals surface area contributed by atoms with Crippen LogP contribution in [0.1, 0.15) is 39.0 Å². The number of unbranched alkanes of at least 4 members (excludes halogenated alkanes) is 3. The van der Waals surface area contributed by atoms with Crippen LogP contribution in [0.5, 0.6) is 0 Å². The molecule has 0 fully saturated rings. The highest BCUT2D eigenvalue weighted by Gasteiger charge is 2.03. The Hall–Kier alpha value is -0.990. The fraction of sp³-hybridized carbons (Fsp3) is 0.769. The van der Waals surface area contributed by atoms with Crippen LogP contribution in [0.15, 0.2) is 17.6 Å². The van der Waals surface area contributed by atoms with Crippen molar-refractivity contribution in [3.8, 4) is 0 Å². The number of hydrogen-bond acceptors (Lipinski definition) is 1. The summed E-state index contributed by atoms with van der Waals surface area (Å²) in [5.74, 6) is 1.00. The summed E-state index contributed by atoms with van der Waals surface area (Å²) in [7, 11) is 3.92. The largest absolute Gasteiger partial charge is 0.356 e. The molecule has 0 aromatic heterocycles. The van der Waals surface area contributed by atoms with Crippen LogP contribution < -0.4 is 5.32 Å². The van der Waals surface area contributed by atoms with Gasteiger partial charge in [0.05, 0.1) is 0 Å². The zero-order valence-electron chi connectivity index (χ0n) is 11.1. The van der Waals surface area contributed by atoms with Gasteiger partial charge in [0.25, 0.3) is 0 Å². The average molecular weight is 225 g/mol. The van der Waals surface area contributed by atoms with E-state index in [0.29, 0.717) is 0 Å². The van der Waals surface area contributed by atoms with Gasteiger partial charge in [-0.1, -0.05) is 25.8 Å². The molecule has 0 spiro atoms. The molecule has 0 saturated heterocycles. The molecule has 0 aromatic carbocycles. The standard InChI is InChI=1S/C13H27N3/c1-5-7-9-11-15-13(14-3)16(4)12-10-8-6-2/h6H,2,5,7-12H2,1,3-4H3,(H,14,15). The molecule has 16 heavy (non-hydrogen) atoms. The van der Waals surface area contributed by atoms with Crippen LogP contribution in [0.2, 0.25) is 0 Å². The highest BCUT2D eigenvalue weighted by Crippen LogP contribution is 1.95. The van der Waals surface area contributed by atoms with Crippen LogP contribution in [0, 0.1) is 0 Å². The molecule has 0 bridgehead atoms. The van der Waals surface area contributed by atoms with Crippen LogP contribution in [0.25, 0.3) is 0 Å². The van der Waals surface area contributed by atoms with Crippen LogP contribution in [-0.4, -0.2) is 38.0 Å². The van der Waals surface area contributed by atoms with E-state index in [1.165, 1.54) is 19.3 Å². The molecule has 0 rings (SSSR count). The maximum Gasteiger partial charge on any atom is 0.193 e. The van der Waals surface area contributed by atoms with Crippen molar-refractivity contribution >= 4 is 5.96 Å². The SMILES string of the molecule is C=CCCCN(C)C(=NC)NCCCCC. The molecule has 0 unspecified atom stereocenters. The zero-order chi connectivity index (χ0) is 12.2. The molecule has 3 heteroatoms. The van der Waals surface area contributed by atoms with Gasteiger partial charge in [-0.15, -0.1) is 6.58 Å². The van der Waals surface area contributed by atoms with E-state index in [9.17, 15) is 0 Å². The quantitative estimate of drug-likeness (QED) is 0.298. The maximum absolute atomic E-state index is 4.27. The normalized spacial score (nSPS) is 11.3. The molecule has 0 atom stereocenters. The Kier molecular flexibility index (Phi) is 9.87. The minimum Gasteiger partial charge on any atom is -0.356 e. The molecule has 0 aliphatic heterocycles. The summed E-state index contributed by atoms with van der Waals surface area (Å²) in [5.41, 5.74) is 0. The van der Waals surface area contributed by atoms with Crippen molar-refractivity contribution in [2.45, 2.75) is 39.0 Å². The van der Waals surface area contributed by atoms with E-state index < -0.39 is 0 Å². The van der Waals surface area contributed by atoms with Gasteiger partial charge in [-0.2, -0.15) is 0 Å². The van der Waals surface area contributed by atoms with Crippen molar-refractivity contribution in [2.75, 3.05) is 27.2 Å². The first-order valence-corrected chi connectivity index (χ1v) is 6.29. The van der Waals surface area contributed by atoms with Crippen LogP contribution in [0.4, 0.5) is 0 Å². The molecule has 0 amide bonds. The monoisotopic (exact) mass is 225 g/mol. The van der Waals surface area contributed by atoms with Gasteiger partial charge < -0.3 is 10.2 Å². The van der Waals surface area contributed by atoms with Crippen molar-refractivity contribution in [1.82, 2.24) is 10.2 Å².